The van der Waals surface area contributed by atoms with Gasteiger partial charge in [0.15, 0.2) is 0 Å². The molecule has 0 spiro atoms. The smallest absolute Gasteiger partial charge is 0.0594 e. The summed E-state index contributed by atoms with van der Waals surface area (Å²) in [5.41, 5.74) is 0. The maximum Gasteiger partial charge on any atom is 0.0594 e. The first kappa shape index (κ1) is 35.9. The zero-order valence-electron chi connectivity index (χ0n) is 23.9. The van der Waals surface area contributed by atoms with Crippen molar-refractivity contribution in [2.75, 3.05) is 24.6 Å². The van der Waals surface area contributed by atoms with E-state index in [1.54, 1.807) is 50.3 Å². The highest BCUT2D eigenvalue weighted by atomic mass is 35.5. The van der Waals surface area contributed by atoms with Gasteiger partial charge in [0.1, 0.15) is 0 Å². The fourth-order valence-electron chi connectivity index (χ4n) is 5.40. The van der Waals surface area contributed by atoms with E-state index >= 15 is 0 Å². The average molecular weight is 505 g/mol. The van der Waals surface area contributed by atoms with Crippen LogP contribution in [0.3, 0.4) is 0 Å². The van der Waals surface area contributed by atoms with E-state index < -0.39 is 7.26 Å². The lowest BCUT2D eigenvalue weighted by Gasteiger charge is -2.28. The van der Waals surface area contributed by atoms with Gasteiger partial charge in [-0.25, -0.2) is 0 Å². The number of hydrogen-bond acceptors (Lipinski definition) is 0. The Morgan fingerprint density at radius 2 is 0.455 bits per heavy atom. The number of rotatable bonds is 27. The molecule has 202 valence electrons. The molecule has 2 heteroatoms. The summed E-state index contributed by atoms with van der Waals surface area (Å²) < 4.78 is 0. The third kappa shape index (κ3) is 24.2. The predicted molar refractivity (Wildman–Crippen MR) is 155 cm³/mol. The van der Waals surface area contributed by atoms with Crippen LogP contribution in [0.2, 0.25) is 0 Å². The van der Waals surface area contributed by atoms with E-state index in [2.05, 4.69) is 27.7 Å². The third-order valence-corrected chi connectivity index (χ3v) is 12.8. The Bertz CT molecular complexity index is 308. The number of halogens is 1. The molecule has 0 amide bonds. The van der Waals surface area contributed by atoms with Gasteiger partial charge in [0, 0.05) is 7.26 Å². The molecule has 0 rings (SSSR count). The van der Waals surface area contributed by atoms with Crippen LogP contribution in [0.4, 0.5) is 0 Å². The lowest BCUT2D eigenvalue weighted by atomic mass is 10.1. The van der Waals surface area contributed by atoms with Gasteiger partial charge in [0.25, 0.3) is 0 Å². The first-order chi connectivity index (χ1) is 15.7. The Kier molecular flexibility index (Phi) is 31.5. The summed E-state index contributed by atoms with van der Waals surface area (Å²) in [5.74, 6) is 0. The standard InChI is InChI=1S/C31H66P.ClH/c1-5-9-13-17-18-19-23-27-31-32(28-24-20-14-10-6-2,29-25-21-15-11-7-3)30-26-22-16-12-8-4;/h5-31H2,1-4H3;1H/q+1;/p-1. The fraction of sp³-hybridized carbons (Fsp3) is 1.00. The van der Waals surface area contributed by atoms with Crippen molar-refractivity contribution in [2.24, 2.45) is 0 Å². The van der Waals surface area contributed by atoms with Gasteiger partial charge >= 0.3 is 0 Å². The maximum atomic E-state index is 2.35. The van der Waals surface area contributed by atoms with Crippen molar-refractivity contribution in [3.05, 3.63) is 0 Å². The molecule has 0 saturated carbocycles. The highest BCUT2D eigenvalue weighted by Crippen LogP contribution is 2.61. The molecule has 0 aromatic carbocycles. The van der Waals surface area contributed by atoms with Crippen LogP contribution in [0, 0.1) is 0 Å². The molecule has 0 bridgehead atoms. The summed E-state index contributed by atoms with van der Waals surface area (Å²) in [6.07, 6.45) is 40.6. The summed E-state index contributed by atoms with van der Waals surface area (Å²) in [6, 6.07) is 0. The van der Waals surface area contributed by atoms with Crippen molar-refractivity contribution in [3.8, 4) is 0 Å². The second kappa shape index (κ2) is 29.0. The third-order valence-electron chi connectivity index (χ3n) is 7.69. The molecule has 0 unspecified atom stereocenters. The fourth-order valence-corrected chi connectivity index (χ4v) is 10.3. The Morgan fingerprint density at radius 3 is 0.667 bits per heavy atom. The van der Waals surface area contributed by atoms with Crippen LogP contribution in [-0.2, 0) is 0 Å². The van der Waals surface area contributed by atoms with E-state index in [0.29, 0.717) is 0 Å². The molecule has 0 atom stereocenters. The Balaban J connectivity index is 0. The van der Waals surface area contributed by atoms with Crippen LogP contribution in [0.15, 0.2) is 0 Å². The van der Waals surface area contributed by atoms with Crippen molar-refractivity contribution in [1.29, 1.82) is 0 Å². The zero-order valence-corrected chi connectivity index (χ0v) is 25.6. The second-order valence-corrected chi connectivity index (χ2v) is 15.4. The zero-order chi connectivity index (χ0) is 23.6. The van der Waals surface area contributed by atoms with E-state index in [1.165, 1.54) is 122 Å². The van der Waals surface area contributed by atoms with Crippen LogP contribution in [0.25, 0.3) is 0 Å². The first-order valence-electron chi connectivity index (χ1n) is 15.6. The summed E-state index contributed by atoms with van der Waals surface area (Å²) in [7, 11) is -0.708. The van der Waals surface area contributed by atoms with E-state index in [1.807, 2.05) is 0 Å². The Hall–Kier alpha value is 0.720. The molecule has 0 aliphatic heterocycles. The number of hydrogen-bond donors (Lipinski definition) is 0. The van der Waals surface area contributed by atoms with Gasteiger partial charge in [-0.3, -0.25) is 0 Å². The van der Waals surface area contributed by atoms with Gasteiger partial charge < -0.3 is 12.4 Å². The molecule has 33 heavy (non-hydrogen) atoms. The average Bonchev–Trinajstić information content (AvgIpc) is 2.80. The summed E-state index contributed by atoms with van der Waals surface area (Å²) in [6.45, 7) is 9.39. The first-order valence-corrected chi connectivity index (χ1v) is 18.1. The topological polar surface area (TPSA) is 0 Å². The van der Waals surface area contributed by atoms with Crippen LogP contribution >= 0.6 is 7.26 Å². The predicted octanol–water partition coefficient (Wildman–Crippen LogP) is 9.06. The molecule has 0 aliphatic rings. The second-order valence-electron chi connectivity index (χ2n) is 11.0. The molecule has 0 aliphatic carbocycles. The molecule has 0 saturated heterocycles. The maximum absolute atomic E-state index is 2.35. The quantitative estimate of drug-likeness (QED) is 0.0772. The van der Waals surface area contributed by atoms with Gasteiger partial charge in [-0.15, -0.1) is 0 Å². The van der Waals surface area contributed by atoms with Crippen LogP contribution < -0.4 is 12.4 Å². The SMILES string of the molecule is CCCCCCCCCC[P+](CCCCCCC)(CCCCCCC)CCCCCCC.[Cl-]. The van der Waals surface area contributed by atoms with Crippen LogP contribution in [0.5, 0.6) is 0 Å². The van der Waals surface area contributed by atoms with Crippen molar-refractivity contribution in [2.45, 2.75) is 175 Å². The van der Waals surface area contributed by atoms with E-state index in [9.17, 15) is 0 Å². The van der Waals surface area contributed by atoms with Crippen molar-refractivity contribution in [3.63, 3.8) is 0 Å². The molecule has 0 fully saturated rings. The van der Waals surface area contributed by atoms with Crippen LogP contribution in [-0.4, -0.2) is 24.6 Å². The summed E-state index contributed by atoms with van der Waals surface area (Å²) in [4.78, 5) is 0. The molecule has 0 nitrogen and oxygen atoms in total. The van der Waals surface area contributed by atoms with Gasteiger partial charge in [-0.2, -0.15) is 0 Å². The normalized spacial score (nSPS) is 11.6. The van der Waals surface area contributed by atoms with Gasteiger partial charge in [-0.05, 0) is 51.4 Å². The minimum atomic E-state index is -0.708. The Labute approximate surface area is 219 Å². The lowest BCUT2D eigenvalue weighted by molar-refractivity contribution is -0.00000734. The molecule has 0 N–H and O–H groups in total. The monoisotopic (exact) mass is 504 g/mol. The molecular formula is C31H66ClP. The minimum absolute atomic E-state index is 0. The summed E-state index contributed by atoms with van der Waals surface area (Å²) >= 11 is 0. The van der Waals surface area contributed by atoms with E-state index in [-0.39, 0.29) is 12.4 Å². The molecule has 0 aromatic heterocycles. The molecule has 0 heterocycles. The minimum Gasteiger partial charge on any atom is -1.00 e. The van der Waals surface area contributed by atoms with Crippen LogP contribution in [0.1, 0.15) is 175 Å². The number of unbranched alkanes of at least 4 members (excludes halogenated alkanes) is 19. The van der Waals surface area contributed by atoms with Crippen molar-refractivity contribution < 1.29 is 12.4 Å². The van der Waals surface area contributed by atoms with E-state index in [4.69, 9.17) is 0 Å². The highest BCUT2D eigenvalue weighted by molar-refractivity contribution is 7.75. The summed E-state index contributed by atoms with van der Waals surface area (Å²) in [5, 5.41) is 0. The van der Waals surface area contributed by atoms with E-state index in [0.717, 1.165) is 0 Å². The highest BCUT2D eigenvalue weighted by Gasteiger charge is 2.34. The van der Waals surface area contributed by atoms with Crippen molar-refractivity contribution in [1.82, 2.24) is 0 Å². The molecule has 0 aromatic rings. The Morgan fingerprint density at radius 1 is 0.273 bits per heavy atom. The molecule has 0 radical (unpaired) electrons. The van der Waals surface area contributed by atoms with Crippen molar-refractivity contribution >= 4 is 7.26 Å². The van der Waals surface area contributed by atoms with Gasteiger partial charge in [0.05, 0.1) is 24.6 Å². The van der Waals surface area contributed by atoms with Gasteiger partial charge in [-0.1, -0.05) is 124 Å². The molecular weight excluding hydrogens is 439 g/mol. The van der Waals surface area contributed by atoms with Gasteiger partial charge in [0.2, 0.25) is 0 Å². The largest absolute Gasteiger partial charge is 1.00 e. The lowest BCUT2D eigenvalue weighted by Crippen LogP contribution is -3.00.